The summed E-state index contributed by atoms with van der Waals surface area (Å²) >= 11 is 0. The molecule has 0 saturated carbocycles. The average molecular weight is 230 g/mol. The molecule has 0 radical (unpaired) electrons. The number of carbonyl (C=O) groups excluding carboxylic acids is 1. The fourth-order valence-electron chi connectivity index (χ4n) is 2.29. The Hall–Kier alpha value is -1.77. The topological polar surface area (TPSA) is 46.3 Å². The van der Waals surface area contributed by atoms with Gasteiger partial charge >= 0.3 is 0 Å². The molecule has 1 saturated heterocycles. The normalized spacial score (nSPS) is 19.8. The Morgan fingerprint density at radius 3 is 2.76 bits per heavy atom. The largest absolute Gasteiger partial charge is 0.397 e. The molecule has 1 fully saturated rings. The molecule has 0 aliphatic carbocycles. The molecule has 1 aromatic rings. The molecule has 3 heteroatoms. The quantitative estimate of drug-likeness (QED) is 0.626. The van der Waals surface area contributed by atoms with Gasteiger partial charge in [-0.25, -0.2) is 0 Å². The summed E-state index contributed by atoms with van der Waals surface area (Å²) in [6.45, 7) is 8.49. The summed E-state index contributed by atoms with van der Waals surface area (Å²) < 4.78 is 0. The van der Waals surface area contributed by atoms with E-state index in [0.29, 0.717) is 18.7 Å². The Morgan fingerprint density at radius 2 is 2.18 bits per heavy atom. The van der Waals surface area contributed by atoms with Crippen LogP contribution in [0, 0.1) is 19.8 Å². The van der Waals surface area contributed by atoms with Gasteiger partial charge in [-0.05, 0) is 31.0 Å². The number of carbonyl (C=O) groups is 1. The number of aryl methyl sites for hydroxylation is 1. The van der Waals surface area contributed by atoms with E-state index in [-0.39, 0.29) is 11.8 Å². The second kappa shape index (κ2) is 4.24. The van der Waals surface area contributed by atoms with Gasteiger partial charge in [-0.15, -0.1) is 6.58 Å². The van der Waals surface area contributed by atoms with Gasteiger partial charge in [0.05, 0.1) is 11.4 Å². The number of anilines is 2. The number of nitrogen functional groups attached to an aromatic ring is 1. The molecule has 1 unspecified atom stereocenters. The molecular weight excluding hydrogens is 212 g/mol. The van der Waals surface area contributed by atoms with Crippen molar-refractivity contribution in [2.24, 2.45) is 5.92 Å². The number of nitrogens with two attached hydrogens (primary N) is 1. The van der Waals surface area contributed by atoms with Gasteiger partial charge in [0.2, 0.25) is 5.91 Å². The Kier molecular flexibility index (Phi) is 2.92. The first-order valence-corrected chi connectivity index (χ1v) is 5.83. The lowest BCUT2D eigenvalue weighted by atomic mass is 10.1. The SMILES string of the molecule is C=CC1CC(=O)N(c2c(N)ccc(C)c2C)C1. The van der Waals surface area contributed by atoms with Crippen LogP contribution in [0.3, 0.4) is 0 Å². The molecule has 1 heterocycles. The van der Waals surface area contributed by atoms with Crippen molar-refractivity contribution in [2.45, 2.75) is 20.3 Å². The van der Waals surface area contributed by atoms with Crippen molar-refractivity contribution in [3.63, 3.8) is 0 Å². The van der Waals surface area contributed by atoms with E-state index in [0.717, 1.165) is 16.8 Å². The minimum absolute atomic E-state index is 0.135. The van der Waals surface area contributed by atoms with E-state index in [4.69, 9.17) is 5.73 Å². The molecular formula is C14H18N2O. The van der Waals surface area contributed by atoms with Crippen LogP contribution in [-0.4, -0.2) is 12.5 Å². The molecule has 17 heavy (non-hydrogen) atoms. The van der Waals surface area contributed by atoms with Crippen LogP contribution >= 0.6 is 0 Å². The number of hydrogen-bond donors (Lipinski definition) is 1. The summed E-state index contributed by atoms with van der Waals surface area (Å²) in [4.78, 5) is 13.8. The molecule has 1 amide bonds. The van der Waals surface area contributed by atoms with Crippen molar-refractivity contribution in [1.82, 2.24) is 0 Å². The summed E-state index contributed by atoms with van der Waals surface area (Å²) in [5.74, 6) is 0.372. The van der Waals surface area contributed by atoms with Crippen LogP contribution in [0.5, 0.6) is 0 Å². The standard InChI is InChI=1S/C14H18N2O/c1-4-11-7-13(17)16(8-11)14-10(3)9(2)5-6-12(14)15/h4-6,11H,1,7-8,15H2,2-3H3. The van der Waals surface area contributed by atoms with Gasteiger partial charge in [-0.3, -0.25) is 4.79 Å². The summed E-state index contributed by atoms with van der Waals surface area (Å²) in [6, 6.07) is 3.85. The van der Waals surface area contributed by atoms with E-state index in [2.05, 4.69) is 6.58 Å². The van der Waals surface area contributed by atoms with Crippen LogP contribution in [-0.2, 0) is 4.79 Å². The van der Waals surface area contributed by atoms with Crippen LogP contribution in [0.25, 0.3) is 0 Å². The van der Waals surface area contributed by atoms with Crippen LogP contribution < -0.4 is 10.6 Å². The van der Waals surface area contributed by atoms with E-state index < -0.39 is 0 Å². The van der Waals surface area contributed by atoms with Crippen molar-refractivity contribution in [3.05, 3.63) is 35.9 Å². The van der Waals surface area contributed by atoms with Gasteiger partial charge in [0.1, 0.15) is 0 Å². The maximum atomic E-state index is 12.0. The first-order chi connectivity index (χ1) is 8.04. The maximum Gasteiger partial charge on any atom is 0.227 e. The summed E-state index contributed by atoms with van der Waals surface area (Å²) in [6.07, 6.45) is 2.38. The van der Waals surface area contributed by atoms with E-state index >= 15 is 0 Å². The van der Waals surface area contributed by atoms with E-state index in [1.165, 1.54) is 0 Å². The second-order valence-corrected chi connectivity index (χ2v) is 4.65. The van der Waals surface area contributed by atoms with Crippen molar-refractivity contribution in [3.8, 4) is 0 Å². The minimum Gasteiger partial charge on any atom is -0.397 e. The predicted molar refractivity (Wildman–Crippen MR) is 71.0 cm³/mol. The molecule has 1 atom stereocenters. The maximum absolute atomic E-state index is 12.0. The lowest BCUT2D eigenvalue weighted by molar-refractivity contribution is -0.117. The summed E-state index contributed by atoms with van der Waals surface area (Å²) in [7, 11) is 0. The van der Waals surface area contributed by atoms with Gasteiger partial charge in [0, 0.05) is 18.9 Å². The third-order valence-electron chi connectivity index (χ3n) is 3.49. The number of amides is 1. The number of rotatable bonds is 2. The van der Waals surface area contributed by atoms with Gasteiger partial charge in [0.15, 0.2) is 0 Å². The monoisotopic (exact) mass is 230 g/mol. The fraction of sp³-hybridized carbons (Fsp3) is 0.357. The molecule has 1 aromatic carbocycles. The highest BCUT2D eigenvalue weighted by molar-refractivity contribution is 5.99. The Balaban J connectivity index is 2.44. The number of nitrogens with zero attached hydrogens (tertiary/aromatic N) is 1. The summed E-state index contributed by atoms with van der Waals surface area (Å²) in [5.41, 5.74) is 9.79. The zero-order valence-corrected chi connectivity index (χ0v) is 10.4. The molecule has 1 aliphatic rings. The molecule has 0 bridgehead atoms. The van der Waals surface area contributed by atoms with Crippen molar-refractivity contribution in [1.29, 1.82) is 0 Å². The highest BCUT2D eigenvalue weighted by atomic mass is 16.2. The lowest BCUT2D eigenvalue weighted by Gasteiger charge is -2.22. The van der Waals surface area contributed by atoms with Crippen molar-refractivity contribution >= 4 is 17.3 Å². The molecule has 1 aliphatic heterocycles. The van der Waals surface area contributed by atoms with E-state index in [1.807, 2.05) is 32.1 Å². The Morgan fingerprint density at radius 1 is 1.47 bits per heavy atom. The fourth-order valence-corrected chi connectivity index (χ4v) is 2.29. The molecule has 2 rings (SSSR count). The molecule has 3 nitrogen and oxygen atoms in total. The van der Waals surface area contributed by atoms with Gasteiger partial charge < -0.3 is 10.6 Å². The van der Waals surface area contributed by atoms with Crippen molar-refractivity contribution in [2.75, 3.05) is 17.2 Å². The summed E-state index contributed by atoms with van der Waals surface area (Å²) in [5, 5.41) is 0. The molecule has 0 aromatic heterocycles. The molecule has 2 N–H and O–H groups in total. The predicted octanol–water partition coefficient (Wildman–Crippen LogP) is 2.42. The van der Waals surface area contributed by atoms with Gasteiger partial charge in [-0.2, -0.15) is 0 Å². The lowest BCUT2D eigenvalue weighted by Crippen LogP contribution is -2.26. The molecule has 0 spiro atoms. The highest BCUT2D eigenvalue weighted by Crippen LogP contribution is 2.34. The number of benzene rings is 1. The van der Waals surface area contributed by atoms with Gasteiger partial charge in [-0.1, -0.05) is 12.1 Å². The Bertz CT molecular complexity index is 479. The van der Waals surface area contributed by atoms with Gasteiger partial charge in [0.25, 0.3) is 0 Å². The zero-order chi connectivity index (χ0) is 12.6. The van der Waals surface area contributed by atoms with Crippen molar-refractivity contribution < 1.29 is 4.79 Å². The van der Waals surface area contributed by atoms with Crippen LogP contribution in [0.15, 0.2) is 24.8 Å². The third kappa shape index (κ3) is 1.93. The zero-order valence-electron chi connectivity index (χ0n) is 10.4. The minimum atomic E-state index is 0.135. The smallest absolute Gasteiger partial charge is 0.227 e. The average Bonchev–Trinajstić information content (AvgIpc) is 2.66. The third-order valence-corrected chi connectivity index (χ3v) is 3.49. The first kappa shape index (κ1) is 11.7. The highest BCUT2D eigenvalue weighted by Gasteiger charge is 2.30. The number of hydrogen-bond acceptors (Lipinski definition) is 2. The Labute approximate surface area is 102 Å². The van der Waals surface area contributed by atoms with E-state index in [9.17, 15) is 4.79 Å². The molecule has 90 valence electrons. The van der Waals surface area contributed by atoms with Crippen LogP contribution in [0.4, 0.5) is 11.4 Å². The van der Waals surface area contributed by atoms with Crippen LogP contribution in [0.1, 0.15) is 17.5 Å². The first-order valence-electron chi connectivity index (χ1n) is 5.83. The van der Waals surface area contributed by atoms with E-state index in [1.54, 1.807) is 4.90 Å². The van der Waals surface area contributed by atoms with Crippen LogP contribution in [0.2, 0.25) is 0 Å². The second-order valence-electron chi connectivity index (χ2n) is 4.65.